The first kappa shape index (κ1) is 11.7. The number of hydrogen-bond donors (Lipinski definition) is 1. The van der Waals surface area contributed by atoms with Crippen LogP contribution in [0.15, 0.2) is 24.3 Å². The van der Waals surface area contributed by atoms with E-state index in [0.717, 1.165) is 11.8 Å². The Morgan fingerprint density at radius 3 is 2.60 bits per heavy atom. The second-order valence-electron chi connectivity index (χ2n) is 3.39. The van der Waals surface area contributed by atoms with Gasteiger partial charge in [0, 0.05) is 6.26 Å². The maximum absolute atomic E-state index is 10.9. The molecule has 0 amide bonds. The molecular formula is C10H12O4S. The van der Waals surface area contributed by atoms with Crippen LogP contribution in [0.3, 0.4) is 0 Å². The Bertz CT molecular complexity index is 462. The second kappa shape index (κ2) is 4.44. The molecule has 0 aliphatic heterocycles. The van der Waals surface area contributed by atoms with E-state index in [9.17, 15) is 13.2 Å². The molecule has 0 aliphatic carbocycles. The first-order valence-corrected chi connectivity index (χ1v) is 6.44. The van der Waals surface area contributed by atoms with Crippen LogP contribution in [-0.2, 0) is 16.3 Å². The van der Waals surface area contributed by atoms with E-state index in [2.05, 4.69) is 0 Å². The SMILES string of the molecule is CS(=O)(=O)CCc1cccc(C(=O)O)c1. The number of aromatic carboxylic acids is 1. The number of carbonyl (C=O) groups is 1. The summed E-state index contributed by atoms with van der Waals surface area (Å²) in [6.45, 7) is 0. The third kappa shape index (κ3) is 4.12. The Hall–Kier alpha value is -1.36. The summed E-state index contributed by atoms with van der Waals surface area (Å²) in [5, 5.41) is 8.72. The van der Waals surface area contributed by atoms with Gasteiger partial charge in [0.25, 0.3) is 0 Å². The molecule has 0 bridgehead atoms. The van der Waals surface area contributed by atoms with Crippen LogP contribution in [0.5, 0.6) is 0 Å². The van der Waals surface area contributed by atoms with Gasteiger partial charge in [-0.25, -0.2) is 13.2 Å². The van der Waals surface area contributed by atoms with Crippen molar-refractivity contribution in [2.24, 2.45) is 0 Å². The van der Waals surface area contributed by atoms with Gasteiger partial charge in [0.1, 0.15) is 9.84 Å². The fourth-order valence-electron chi connectivity index (χ4n) is 1.16. The molecule has 0 saturated carbocycles. The van der Waals surface area contributed by atoms with Crippen LogP contribution in [0, 0.1) is 0 Å². The maximum atomic E-state index is 10.9. The zero-order valence-electron chi connectivity index (χ0n) is 8.30. The van der Waals surface area contributed by atoms with Crippen LogP contribution in [0.1, 0.15) is 15.9 Å². The standard InChI is InChI=1S/C10H12O4S/c1-15(13,14)6-5-8-3-2-4-9(7-8)10(11)12/h2-4,7H,5-6H2,1H3,(H,11,12). The number of hydrogen-bond acceptors (Lipinski definition) is 3. The number of carboxylic acids is 1. The van der Waals surface area contributed by atoms with E-state index < -0.39 is 15.8 Å². The van der Waals surface area contributed by atoms with Gasteiger partial charge in [0.2, 0.25) is 0 Å². The van der Waals surface area contributed by atoms with Gasteiger partial charge in [-0.15, -0.1) is 0 Å². The lowest BCUT2D eigenvalue weighted by atomic mass is 10.1. The van der Waals surface area contributed by atoms with Crippen LogP contribution in [0.4, 0.5) is 0 Å². The summed E-state index contributed by atoms with van der Waals surface area (Å²) < 4.78 is 21.8. The van der Waals surface area contributed by atoms with Crippen molar-refractivity contribution in [1.29, 1.82) is 0 Å². The van der Waals surface area contributed by atoms with Gasteiger partial charge >= 0.3 is 5.97 Å². The van der Waals surface area contributed by atoms with Crippen molar-refractivity contribution in [2.45, 2.75) is 6.42 Å². The zero-order chi connectivity index (χ0) is 11.5. The second-order valence-corrected chi connectivity index (χ2v) is 5.65. The van der Waals surface area contributed by atoms with E-state index in [0.29, 0.717) is 6.42 Å². The molecule has 4 nitrogen and oxygen atoms in total. The Morgan fingerprint density at radius 2 is 2.07 bits per heavy atom. The van der Waals surface area contributed by atoms with Gasteiger partial charge in [-0.1, -0.05) is 12.1 Å². The van der Waals surface area contributed by atoms with Gasteiger partial charge < -0.3 is 5.11 Å². The van der Waals surface area contributed by atoms with Crippen LogP contribution >= 0.6 is 0 Å². The molecule has 15 heavy (non-hydrogen) atoms. The average Bonchev–Trinajstić information content (AvgIpc) is 2.14. The number of rotatable bonds is 4. The molecule has 0 atom stereocenters. The van der Waals surface area contributed by atoms with Crippen molar-refractivity contribution in [3.63, 3.8) is 0 Å². The molecule has 0 radical (unpaired) electrons. The summed E-state index contributed by atoms with van der Waals surface area (Å²) in [4.78, 5) is 10.6. The molecular weight excluding hydrogens is 216 g/mol. The molecule has 5 heteroatoms. The van der Waals surface area contributed by atoms with Crippen molar-refractivity contribution in [3.8, 4) is 0 Å². The highest BCUT2D eigenvalue weighted by atomic mass is 32.2. The summed E-state index contributed by atoms with van der Waals surface area (Å²) in [7, 11) is -3.00. The van der Waals surface area contributed by atoms with Crippen molar-refractivity contribution in [3.05, 3.63) is 35.4 Å². The molecule has 1 N–H and O–H groups in total. The fraction of sp³-hybridized carbons (Fsp3) is 0.300. The Morgan fingerprint density at radius 1 is 1.40 bits per heavy atom. The molecule has 0 aromatic heterocycles. The first-order chi connectivity index (χ1) is 6.88. The van der Waals surface area contributed by atoms with Gasteiger partial charge in [0.05, 0.1) is 11.3 Å². The van der Waals surface area contributed by atoms with Crippen LogP contribution in [0.25, 0.3) is 0 Å². The van der Waals surface area contributed by atoms with E-state index in [-0.39, 0.29) is 11.3 Å². The molecule has 82 valence electrons. The van der Waals surface area contributed by atoms with Crippen molar-refractivity contribution < 1.29 is 18.3 Å². The quantitative estimate of drug-likeness (QED) is 0.833. The van der Waals surface area contributed by atoms with E-state index >= 15 is 0 Å². The number of aryl methyl sites for hydroxylation is 1. The number of benzene rings is 1. The molecule has 1 rings (SSSR count). The monoisotopic (exact) mass is 228 g/mol. The summed E-state index contributed by atoms with van der Waals surface area (Å²) in [6.07, 6.45) is 1.51. The lowest BCUT2D eigenvalue weighted by Crippen LogP contribution is -2.06. The maximum Gasteiger partial charge on any atom is 0.335 e. The fourth-order valence-corrected chi connectivity index (χ4v) is 1.77. The normalized spacial score (nSPS) is 11.3. The largest absolute Gasteiger partial charge is 0.478 e. The number of carboxylic acid groups (broad SMARTS) is 1. The van der Waals surface area contributed by atoms with Crippen LogP contribution in [-0.4, -0.2) is 31.5 Å². The van der Waals surface area contributed by atoms with Crippen molar-refractivity contribution in [2.75, 3.05) is 12.0 Å². The van der Waals surface area contributed by atoms with Crippen molar-refractivity contribution in [1.82, 2.24) is 0 Å². The topological polar surface area (TPSA) is 71.4 Å². The Labute approximate surface area is 88.5 Å². The summed E-state index contributed by atoms with van der Waals surface area (Å²) in [5.41, 5.74) is 0.904. The highest BCUT2D eigenvalue weighted by molar-refractivity contribution is 7.90. The van der Waals surface area contributed by atoms with E-state index in [1.54, 1.807) is 12.1 Å². The number of sulfone groups is 1. The first-order valence-electron chi connectivity index (χ1n) is 4.38. The highest BCUT2D eigenvalue weighted by Gasteiger charge is 2.06. The van der Waals surface area contributed by atoms with E-state index in [1.807, 2.05) is 0 Å². The smallest absolute Gasteiger partial charge is 0.335 e. The Kier molecular flexibility index (Phi) is 3.47. The minimum atomic E-state index is -3.00. The predicted molar refractivity (Wildman–Crippen MR) is 56.8 cm³/mol. The predicted octanol–water partition coefficient (Wildman–Crippen LogP) is 0.972. The molecule has 1 aromatic rings. The third-order valence-corrected chi connectivity index (χ3v) is 2.88. The van der Waals surface area contributed by atoms with Gasteiger partial charge in [-0.05, 0) is 24.1 Å². The molecule has 0 spiro atoms. The molecule has 0 aliphatic rings. The van der Waals surface area contributed by atoms with Crippen LogP contribution < -0.4 is 0 Å². The van der Waals surface area contributed by atoms with Gasteiger partial charge in [-0.3, -0.25) is 0 Å². The highest BCUT2D eigenvalue weighted by Crippen LogP contribution is 2.07. The summed E-state index contributed by atoms with van der Waals surface area (Å²) in [5.74, 6) is -0.966. The summed E-state index contributed by atoms with van der Waals surface area (Å²) in [6, 6.07) is 6.30. The van der Waals surface area contributed by atoms with Gasteiger partial charge in [-0.2, -0.15) is 0 Å². The Balaban J connectivity index is 2.79. The van der Waals surface area contributed by atoms with E-state index in [1.165, 1.54) is 12.1 Å². The van der Waals surface area contributed by atoms with Crippen LogP contribution in [0.2, 0.25) is 0 Å². The lowest BCUT2D eigenvalue weighted by molar-refractivity contribution is 0.0697. The molecule has 0 unspecified atom stereocenters. The average molecular weight is 228 g/mol. The molecule has 1 aromatic carbocycles. The zero-order valence-corrected chi connectivity index (χ0v) is 9.12. The van der Waals surface area contributed by atoms with Crippen molar-refractivity contribution >= 4 is 15.8 Å². The molecule has 0 heterocycles. The lowest BCUT2D eigenvalue weighted by Gasteiger charge is -2.01. The minimum absolute atomic E-state index is 0.0378. The molecule has 0 saturated heterocycles. The van der Waals surface area contributed by atoms with Gasteiger partial charge in [0.15, 0.2) is 0 Å². The third-order valence-electron chi connectivity index (χ3n) is 1.94. The summed E-state index contributed by atoms with van der Waals surface area (Å²) >= 11 is 0. The minimum Gasteiger partial charge on any atom is -0.478 e. The molecule has 0 fully saturated rings. The van der Waals surface area contributed by atoms with E-state index in [4.69, 9.17) is 5.11 Å².